The number of amides is 1. The maximum Gasteiger partial charge on any atom is 0.248 e. The number of fused-ring (bicyclic) bond motifs is 1. The number of carbonyl (C=O) groups excluding carboxylic acids is 1. The quantitative estimate of drug-likeness (QED) is 0.562. The summed E-state index contributed by atoms with van der Waals surface area (Å²) in [5.41, 5.74) is 0.888. The number of nitrogens with one attached hydrogen (secondary N) is 1. The van der Waals surface area contributed by atoms with Crippen molar-refractivity contribution in [1.82, 2.24) is 9.46 Å². The van der Waals surface area contributed by atoms with E-state index in [1.165, 1.54) is 16.6 Å². The van der Waals surface area contributed by atoms with E-state index in [2.05, 4.69) is 10.5 Å². The van der Waals surface area contributed by atoms with Gasteiger partial charge in [0.25, 0.3) is 0 Å². The van der Waals surface area contributed by atoms with Gasteiger partial charge in [-0.15, -0.1) is 0 Å². The molecule has 1 aromatic carbocycles. The Balaban J connectivity index is 1.25. The molecule has 2 aliphatic heterocycles. The van der Waals surface area contributed by atoms with E-state index in [4.69, 9.17) is 18.4 Å². The molecule has 4 heterocycles. The summed E-state index contributed by atoms with van der Waals surface area (Å²) in [4.78, 5) is 12.8. The topological polar surface area (TPSA) is 124 Å². The molecule has 178 valence electrons. The maximum atomic E-state index is 13.4. The molecule has 0 radical (unpaired) electrons. The largest absolute Gasteiger partial charge is 0.465 e. The van der Waals surface area contributed by atoms with Crippen LogP contribution in [0.4, 0.5) is 5.69 Å². The zero-order chi connectivity index (χ0) is 23.7. The fourth-order valence-electron chi connectivity index (χ4n) is 4.05. The van der Waals surface area contributed by atoms with E-state index in [0.717, 1.165) is 0 Å². The predicted molar refractivity (Wildman–Crippen MR) is 122 cm³/mol. The van der Waals surface area contributed by atoms with E-state index < -0.39 is 10.0 Å². The summed E-state index contributed by atoms with van der Waals surface area (Å²) in [6.45, 7) is 2.18. The lowest BCUT2D eigenvalue weighted by molar-refractivity contribution is -0.120. The third-order valence-electron chi connectivity index (χ3n) is 5.84. The van der Waals surface area contributed by atoms with Crippen molar-refractivity contribution in [1.29, 1.82) is 0 Å². The van der Waals surface area contributed by atoms with Gasteiger partial charge in [-0.25, -0.2) is 8.42 Å². The average molecular weight is 486 g/mol. The number of aromatic nitrogens is 1. The van der Waals surface area contributed by atoms with E-state index in [-0.39, 0.29) is 48.1 Å². The van der Waals surface area contributed by atoms with E-state index in [0.29, 0.717) is 35.8 Å². The first-order valence-corrected chi connectivity index (χ1v) is 12.2. The number of aryl methyl sites for hydroxylation is 1. The van der Waals surface area contributed by atoms with Crippen molar-refractivity contribution in [3.8, 4) is 11.5 Å². The van der Waals surface area contributed by atoms with E-state index in [1.54, 1.807) is 43.3 Å². The standard InChI is InChI=1S/C23H23N3O7S/c1-15-22(20(33-25-15)7-5-18-3-2-12-30-18)34(28,29)26-10-8-16(9-11-26)23(27)24-17-4-6-19-21(13-17)32-14-31-19/h2-7,12-13,16H,8-11,14H2,1H3,(H,24,27)/b7-5+. The van der Waals surface area contributed by atoms with Crippen molar-refractivity contribution in [3.05, 3.63) is 53.8 Å². The monoisotopic (exact) mass is 485 g/mol. The molecule has 0 spiro atoms. The van der Waals surface area contributed by atoms with Crippen LogP contribution in [0.2, 0.25) is 0 Å². The van der Waals surface area contributed by atoms with E-state index in [9.17, 15) is 13.2 Å². The smallest absolute Gasteiger partial charge is 0.248 e. The lowest BCUT2D eigenvalue weighted by Crippen LogP contribution is -2.41. The second-order valence-corrected chi connectivity index (χ2v) is 9.92. The Morgan fingerprint density at radius 2 is 1.94 bits per heavy atom. The molecule has 1 amide bonds. The number of piperidine rings is 1. The van der Waals surface area contributed by atoms with Gasteiger partial charge >= 0.3 is 0 Å². The molecule has 0 unspecified atom stereocenters. The van der Waals surface area contributed by atoms with Gasteiger partial charge in [-0.1, -0.05) is 5.16 Å². The first-order valence-electron chi connectivity index (χ1n) is 10.8. The van der Waals surface area contributed by atoms with Crippen molar-refractivity contribution in [2.75, 3.05) is 25.2 Å². The van der Waals surface area contributed by atoms with Crippen molar-refractivity contribution in [3.63, 3.8) is 0 Å². The SMILES string of the molecule is Cc1noc(/C=C/c2ccco2)c1S(=O)(=O)N1CCC(C(=O)Nc2ccc3c(c2)OCO3)CC1. The Labute approximate surface area is 196 Å². The van der Waals surface area contributed by atoms with Crippen LogP contribution in [0.3, 0.4) is 0 Å². The molecule has 0 aliphatic carbocycles. The Morgan fingerprint density at radius 3 is 2.71 bits per heavy atom. The van der Waals surface area contributed by atoms with Gasteiger partial charge in [0.2, 0.25) is 22.7 Å². The molecule has 3 aromatic rings. The number of sulfonamides is 1. The third-order valence-corrected chi connectivity index (χ3v) is 7.90. The summed E-state index contributed by atoms with van der Waals surface area (Å²) in [6, 6.07) is 8.68. The predicted octanol–water partition coefficient (Wildman–Crippen LogP) is 3.51. The minimum atomic E-state index is -3.85. The Morgan fingerprint density at radius 1 is 1.15 bits per heavy atom. The van der Waals surface area contributed by atoms with E-state index >= 15 is 0 Å². The highest BCUT2D eigenvalue weighted by molar-refractivity contribution is 7.89. The zero-order valence-electron chi connectivity index (χ0n) is 18.4. The van der Waals surface area contributed by atoms with Crippen LogP contribution in [0, 0.1) is 12.8 Å². The molecule has 2 aromatic heterocycles. The van der Waals surface area contributed by atoms with Crippen LogP contribution >= 0.6 is 0 Å². The van der Waals surface area contributed by atoms with Crippen LogP contribution in [-0.4, -0.2) is 43.7 Å². The summed E-state index contributed by atoms with van der Waals surface area (Å²) < 4.78 is 49.2. The number of anilines is 1. The lowest BCUT2D eigenvalue weighted by atomic mass is 9.97. The second kappa shape index (κ2) is 8.99. The van der Waals surface area contributed by atoms with Crippen molar-refractivity contribution in [2.24, 2.45) is 5.92 Å². The van der Waals surface area contributed by atoms with Gasteiger partial charge in [0.1, 0.15) is 11.5 Å². The normalized spacial score (nSPS) is 16.9. The minimum Gasteiger partial charge on any atom is -0.465 e. The van der Waals surface area contributed by atoms with Crippen molar-refractivity contribution < 1.29 is 31.6 Å². The van der Waals surface area contributed by atoms with Gasteiger partial charge in [0.15, 0.2) is 22.2 Å². The molecule has 0 bridgehead atoms. The molecular formula is C23H23N3O7S. The first-order chi connectivity index (χ1) is 16.4. The van der Waals surface area contributed by atoms with Crippen LogP contribution in [-0.2, 0) is 14.8 Å². The average Bonchev–Trinajstić information content (AvgIpc) is 3.58. The summed E-state index contributed by atoms with van der Waals surface area (Å²) >= 11 is 0. The maximum absolute atomic E-state index is 13.4. The van der Waals surface area contributed by atoms with Crippen LogP contribution in [0.1, 0.15) is 30.1 Å². The molecule has 5 rings (SSSR count). The zero-order valence-corrected chi connectivity index (χ0v) is 19.2. The number of hydrogen-bond donors (Lipinski definition) is 1. The number of benzene rings is 1. The number of rotatable bonds is 6. The van der Waals surface area contributed by atoms with Gasteiger partial charge in [-0.3, -0.25) is 4.79 Å². The van der Waals surface area contributed by atoms with Crippen LogP contribution in [0.15, 0.2) is 50.4 Å². The molecule has 34 heavy (non-hydrogen) atoms. The summed E-state index contributed by atoms with van der Waals surface area (Å²) in [6.07, 6.45) is 5.47. The van der Waals surface area contributed by atoms with Gasteiger partial charge in [-0.05, 0) is 56.2 Å². The van der Waals surface area contributed by atoms with Crippen molar-refractivity contribution in [2.45, 2.75) is 24.7 Å². The minimum absolute atomic E-state index is 0.0265. The Kier molecular flexibility index (Phi) is 5.88. The molecule has 1 N–H and O–H groups in total. The van der Waals surface area contributed by atoms with Gasteiger partial charge in [0.05, 0.1) is 6.26 Å². The molecule has 1 saturated heterocycles. The third kappa shape index (κ3) is 4.31. The second-order valence-electron chi connectivity index (χ2n) is 8.05. The number of hydrogen-bond acceptors (Lipinski definition) is 8. The molecule has 0 atom stereocenters. The van der Waals surface area contributed by atoms with Crippen LogP contribution in [0.5, 0.6) is 11.5 Å². The molecule has 0 saturated carbocycles. The van der Waals surface area contributed by atoms with Crippen molar-refractivity contribution >= 4 is 33.8 Å². The number of furan rings is 1. The van der Waals surface area contributed by atoms with Gasteiger partial charge < -0.3 is 23.7 Å². The highest BCUT2D eigenvalue weighted by Crippen LogP contribution is 2.35. The molecular weight excluding hydrogens is 462 g/mol. The summed E-state index contributed by atoms with van der Waals surface area (Å²) in [5.74, 6) is 1.46. The van der Waals surface area contributed by atoms with Gasteiger partial charge in [-0.2, -0.15) is 4.31 Å². The van der Waals surface area contributed by atoms with Crippen LogP contribution < -0.4 is 14.8 Å². The molecule has 11 heteroatoms. The first kappa shape index (κ1) is 22.2. The molecule has 2 aliphatic rings. The van der Waals surface area contributed by atoms with Crippen LogP contribution in [0.25, 0.3) is 12.2 Å². The molecule has 1 fully saturated rings. The lowest BCUT2D eigenvalue weighted by Gasteiger charge is -2.30. The van der Waals surface area contributed by atoms with Gasteiger partial charge in [0, 0.05) is 30.8 Å². The number of ether oxygens (including phenoxy) is 2. The Hall–Kier alpha value is -3.57. The summed E-state index contributed by atoms with van der Waals surface area (Å²) in [5, 5.41) is 6.73. The van der Waals surface area contributed by atoms with E-state index in [1.807, 2.05) is 0 Å². The fraction of sp³-hybridized carbons (Fsp3) is 0.304. The fourth-order valence-corrected chi connectivity index (χ4v) is 5.77. The molecule has 10 nitrogen and oxygen atoms in total. The highest BCUT2D eigenvalue weighted by atomic mass is 32.2. The Bertz CT molecular complexity index is 1320. The number of carbonyl (C=O) groups is 1. The summed E-state index contributed by atoms with van der Waals surface area (Å²) in [7, 11) is -3.85. The number of nitrogens with zero attached hydrogens (tertiary/aromatic N) is 2. The highest BCUT2D eigenvalue weighted by Gasteiger charge is 2.36.